The minimum Gasteiger partial charge on any atom is -0.379 e. The van der Waals surface area contributed by atoms with Crippen LogP contribution < -0.4 is 5.32 Å². The monoisotopic (exact) mass is 549 g/mol. The molecular weight excluding hydrogens is 515 g/mol. The van der Waals surface area contributed by atoms with Gasteiger partial charge in [0.15, 0.2) is 0 Å². The number of pyridine rings is 1. The Hall–Kier alpha value is -2.54. The number of rotatable bonds is 5. The Bertz CT molecular complexity index is 1220. The maximum absolute atomic E-state index is 14.4. The standard InChI is InChI=1S/C27H34F3N5O4/c1-34-21(3-6-32-34)22-12-26(11-18(10-24(26)39-22)33-20-5-8-38-15-23(20)37-2)25(36)35-7-4-19-16(14-35)9-17(13-31-19)27(28,29)30/h3,6,9,13,18,20,22-24,33H,4-5,7-8,10-12,14-15H2,1-2H3/t18-,20?,22?,23?,24-,26+/m1/s1. The summed E-state index contributed by atoms with van der Waals surface area (Å²) in [6.45, 7) is 1.70. The minimum atomic E-state index is -4.48. The predicted octanol–water partition coefficient (Wildman–Crippen LogP) is 2.79. The molecule has 1 aliphatic carbocycles. The molecule has 12 heteroatoms. The lowest BCUT2D eigenvalue weighted by Crippen LogP contribution is -2.51. The summed E-state index contributed by atoms with van der Waals surface area (Å²) in [5.74, 6) is -0.0557. The molecule has 1 saturated carbocycles. The fourth-order valence-electron chi connectivity index (χ4n) is 6.94. The fourth-order valence-corrected chi connectivity index (χ4v) is 6.94. The van der Waals surface area contributed by atoms with Crippen molar-refractivity contribution in [1.82, 2.24) is 25.0 Å². The Morgan fingerprint density at radius 3 is 2.90 bits per heavy atom. The first-order valence-corrected chi connectivity index (χ1v) is 13.5. The molecule has 0 bridgehead atoms. The van der Waals surface area contributed by atoms with Crippen molar-refractivity contribution in [3.8, 4) is 0 Å². The van der Waals surface area contributed by atoms with E-state index in [1.54, 1.807) is 22.9 Å². The fraction of sp³-hybridized carbons (Fsp3) is 0.667. The van der Waals surface area contributed by atoms with Gasteiger partial charge >= 0.3 is 6.18 Å². The molecule has 0 radical (unpaired) electrons. The Kier molecular flexibility index (Phi) is 6.93. The number of fused-ring (bicyclic) bond motifs is 2. The molecule has 9 nitrogen and oxygen atoms in total. The van der Waals surface area contributed by atoms with Gasteiger partial charge in [0, 0.05) is 70.4 Å². The average Bonchev–Trinajstić information content (AvgIpc) is 3.59. The second-order valence-corrected chi connectivity index (χ2v) is 11.2. The Balaban J connectivity index is 1.26. The van der Waals surface area contributed by atoms with E-state index >= 15 is 0 Å². The SMILES string of the molecule is COC1COCCC1N[C@@H]1C[C@H]2OC(c3ccnn3C)C[C@@]2(C(=O)N2CCc3ncc(C(F)(F)F)cc3C2)C1. The first-order valence-electron chi connectivity index (χ1n) is 13.5. The quantitative estimate of drug-likeness (QED) is 0.614. The predicted molar refractivity (Wildman–Crippen MR) is 132 cm³/mol. The van der Waals surface area contributed by atoms with E-state index in [-0.39, 0.29) is 42.8 Å². The van der Waals surface area contributed by atoms with E-state index in [4.69, 9.17) is 14.2 Å². The summed E-state index contributed by atoms with van der Waals surface area (Å²) in [6.07, 6.45) is 0.440. The largest absolute Gasteiger partial charge is 0.417 e. The van der Waals surface area contributed by atoms with Gasteiger partial charge in [0.2, 0.25) is 5.91 Å². The van der Waals surface area contributed by atoms with Crippen LogP contribution in [-0.2, 0) is 45.2 Å². The van der Waals surface area contributed by atoms with Gasteiger partial charge in [-0.25, -0.2) is 0 Å². The van der Waals surface area contributed by atoms with Gasteiger partial charge in [0.1, 0.15) is 6.10 Å². The molecule has 0 spiro atoms. The van der Waals surface area contributed by atoms with Crippen LogP contribution in [0.5, 0.6) is 0 Å². The van der Waals surface area contributed by atoms with Crippen molar-refractivity contribution < 1.29 is 32.2 Å². The third kappa shape index (κ3) is 4.85. The number of nitrogens with zero attached hydrogens (tertiary/aromatic N) is 4. The maximum atomic E-state index is 14.4. The van der Waals surface area contributed by atoms with Crippen LogP contribution in [0.15, 0.2) is 24.5 Å². The van der Waals surface area contributed by atoms with Gasteiger partial charge in [-0.1, -0.05) is 0 Å². The molecule has 0 aromatic carbocycles. The van der Waals surface area contributed by atoms with Crippen molar-refractivity contribution in [3.05, 3.63) is 47.0 Å². The summed E-state index contributed by atoms with van der Waals surface area (Å²) >= 11 is 0. The molecule has 6 atom stereocenters. The molecule has 6 rings (SSSR count). The summed E-state index contributed by atoms with van der Waals surface area (Å²) in [6, 6.07) is 3.20. The lowest BCUT2D eigenvalue weighted by atomic mass is 9.78. The Labute approximate surface area is 225 Å². The zero-order chi connectivity index (χ0) is 27.4. The number of ether oxygens (including phenoxy) is 3. The summed E-state index contributed by atoms with van der Waals surface area (Å²) in [4.78, 5) is 20.1. The first kappa shape index (κ1) is 26.7. The summed E-state index contributed by atoms with van der Waals surface area (Å²) in [7, 11) is 3.53. The normalized spacial score (nSPS) is 32.7. The average molecular weight is 550 g/mol. The third-order valence-electron chi connectivity index (χ3n) is 8.93. The molecular formula is C27H34F3N5O4. The number of aromatic nitrogens is 3. The molecule has 4 aliphatic rings. The highest BCUT2D eigenvalue weighted by Crippen LogP contribution is 2.55. The number of carbonyl (C=O) groups is 1. The van der Waals surface area contributed by atoms with Gasteiger partial charge in [-0.3, -0.25) is 14.5 Å². The topological polar surface area (TPSA) is 90.7 Å². The van der Waals surface area contributed by atoms with Crippen LogP contribution in [-0.4, -0.2) is 76.7 Å². The van der Waals surface area contributed by atoms with Gasteiger partial charge in [-0.15, -0.1) is 0 Å². The van der Waals surface area contributed by atoms with E-state index in [2.05, 4.69) is 15.4 Å². The Morgan fingerprint density at radius 2 is 2.15 bits per heavy atom. The van der Waals surface area contributed by atoms with Crippen molar-refractivity contribution in [2.24, 2.45) is 12.5 Å². The molecule has 2 saturated heterocycles. The van der Waals surface area contributed by atoms with Gasteiger partial charge < -0.3 is 24.4 Å². The second-order valence-electron chi connectivity index (χ2n) is 11.2. The molecule has 3 unspecified atom stereocenters. The molecule has 1 N–H and O–H groups in total. The van der Waals surface area contributed by atoms with Gasteiger partial charge in [-0.2, -0.15) is 18.3 Å². The molecule has 3 fully saturated rings. The van der Waals surface area contributed by atoms with Crippen LogP contribution in [0.25, 0.3) is 0 Å². The number of hydrogen-bond acceptors (Lipinski definition) is 7. The van der Waals surface area contributed by atoms with Crippen LogP contribution in [0.2, 0.25) is 0 Å². The van der Waals surface area contributed by atoms with Crippen LogP contribution in [0.3, 0.4) is 0 Å². The van der Waals surface area contributed by atoms with Crippen molar-refractivity contribution in [2.75, 3.05) is 26.9 Å². The highest BCUT2D eigenvalue weighted by Gasteiger charge is 2.61. The van der Waals surface area contributed by atoms with Crippen LogP contribution in [0.1, 0.15) is 54.3 Å². The maximum Gasteiger partial charge on any atom is 0.417 e. The zero-order valence-electron chi connectivity index (χ0n) is 22.1. The van der Waals surface area contributed by atoms with Gasteiger partial charge in [0.05, 0.1) is 35.5 Å². The highest BCUT2D eigenvalue weighted by atomic mass is 19.4. The summed E-state index contributed by atoms with van der Waals surface area (Å²) in [5, 5.41) is 8.00. The number of methoxy groups -OCH3 is 1. The van der Waals surface area contributed by atoms with E-state index in [1.165, 1.54) is 0 Å². The van der Waals surface area contributed by atoms with Crippen molar-refractivity contribution in [3.63, 3.8) is 0 Å². The molecule has 3 aliphatic heterocycles. The second kappa shape index (κ2) is 10.1. The number of aryl methyl sites for hydroxylation is 1. The lowest BCUT2D eigenvalue weighted by Gasteiger charge is -2.37. The number of hydrogen-bond donors (Lipinski definition) is 1. The molecule has 212 valence electrons. The zero-order valence-corrected chi connectivity index (χ0v) is 22.1. The van der Waals surface area contributed by atoms with Crippen molar-refractivity contribution >= 4 is 5.91 Å². The van der Waals surface area contributed by atoms with Crippen molar-refractivity contribution in [2.45, 2.75) is 75.2 Å². The van der Waals surface area contributed by atoms with Gasteiger partial charge in [0.25, 0.3) is 0 Å². The Morgan fingerprint density at radius 1 is 1.31 bits per heavy atom. The van der Waals surface area contributed by atoms with E-state index in [9.17, 15) is 18.0 Å². The molecule has 2 aromatic rings. The van der Waals surface area contributed by atoms with E-state index in [1.807, 2.05) is 13.1 Å². The van der Waals surface area contributed by atoms with E-state index < -0.39 is 17.2 Å². The number of nitrogens with one attached hydrogen (secondary N) is 1. The number of alkyl halides is 3. The first-order chi connectivity index (χ1) is 18.7. The molecule has 39 heavy (non-hydrogen) atoms. The number of halogens is 3. The van der Waals surface area contributed by atoms with E-state index in [0.717, 1.165) is 24.4 Å². The smallest absolute Gasteiger partial charge is 0.379 e. The van der Waals surface area contributed by atoms with Crippen LogP contribution in [0.4, 0.5) is 13.2 Å². The third-order valence-corrected chi connectivity index (χ3v) is 8.93. The summed E-state index contributed by atoms with van der Waals surface area (Å²) < 4.78 is 59.6. The molecule has 2 aromatic heterocycles. The van der Waals surface area contributed by atoms with E-state index in [0.29, 0.717) is 56.7 Å². The van der Waals surface area contributed by atoms with Gasteiger partial charge in [-0.05, 0) is 43.4 Å². The highest BCUT2D eigenvalue weighted by molar-refractivity contribution is 5.85. The lowest BCUT2D eigenvalue weighted by molar-refractivity contribution is -0.145. The molecule has 5 heterocycles. The number of carbonyl (C=O) groups excluding carboxylic acids is 1. The summed E-state index contributed by atoms with van der Waals surface area (Å²) in [5.41, 5.74) is 0.409. The van der Waals surface area contributed by atoms with Crippen LogP contribution in [0, 0.1) is 5.41 Å². The number of amides is 1. The van der Waals surface area contributed by atoms with Crippen molar-refractivity contribution in [1.29, 1.82) is 0 Å². The molecule has 1 amide bonds. The van der Waals surface area contributed by atoms with Crippen LogP contribution >= 0.6 is 0 Å². The minimum absolute atomic E-state index is 0.0442.